The molecule has 0 unspecified atom stereocenters. The average Bonchev–Trinajstić information content (AvgIpc) is 2.43. The summed E-state index contributed by atoms with van der Waals surface area (Å²) in [6.07, 6.45) is 0. The van der Waals surface area contributed by atoms with Crippen LogP contribution in [0.4, 0.5) is 10.1 Å². The molecule has 0 aliphatic carbocycles. The van der Waals surface area contributed by atoms with Gasteiger partial charge in [0.25, 0.3) is 10.0 Å². The Bertz CT molecular complexity index is 779. The van der Waals surface area contributed by atoms with Crippen molar-refractivity contribution in [2.24, 2.45) is 5.73 Å². The van der Waals surface area contributed by atoms with Crippen LogP contribution in [0, 0.1) is 12.7 Å². The van der Waals surface area contributed by atoms with Gasteiger partial charge in [0.15, 0.2) is 0 Å². The number of sulfonamides is 1. The molecule has 112 valence electrons. The zero-order valence-electron chi connectivity index (χ0n) is 11.2. The van der Waals surface area contributed by atoms with E-state index in [1.807, 2.05) is 0 Å². The lowest BCUT2D eigenvalue weighted by Crippen LogP contribution is -2.14. The first-order valence-corrected chi connectivity index (χ1v) is 7.97. The number of rotatable bonds is 4. The second kappa shape index (κ2) is 6.01. The van der Waals surface area contributed by atoms with Gasteiger partial charge in [-0.25, -0.2) is 12.8 Å². The summed E-state index contributed by atoms with van der Waals surface area (Å²) < 4.78 is 40.2. The van der Waals surface area contributed by atoms with E-state index in [1.165, 1.54) is 30.3 Å². The summed E-state index contributed by atoms with van der Waals surface area (Å²) >= 11 is 5.91. The highest BCUT2D eigenvalue weighted by Crippen LogP contribution is 2.24. The van der Waals surface area contributed by atoms with Crippen molar-refractivity contribution in [3.63, 3.8) is 0 Å². The lowest BCUT2D eigenvalue weighted by atomic mass is 10.2. The minimum Gasteiger partial charge on any atom is -0.326 e. The monoisotopic (exact) mass is 328 g/mol. The zero-order chi connectivity index (χ0) is 15.6. The molecule has 21 heavy (non-hydrogen) atoms. The second-order valence-electron chi connectivity index (χ2n) is 4.52. The van der Waals surface area contributed by atoms with E-state index in [0.717, 1.165) is 6.07 Å². The van der Waals surface area contributed by atoms with Crippen LogP contribution in [-0.2, 0) is 16.6 Å². The van der Waals surface area contributed by atoms with Crippen molar-refractivity contribution in [3.05, 3.63) is 58.4 Å². The minimum atomic E-state index is -3.83. The number of hydrogen-bond acceptors (Lipinski definition) is 3. The highest BCUT2D eigenvalue weighted by atomic mass is 35.5. The number of anilines is 1. The van der Waals surface area contributed by atoms with E-state index in [9.17, 15) is 12.8 Å². The Balaban J connectivity index is 2.41. The Hall–Kier alpha value is -1.63. The Morgan fingerprint density at radius 1 is 1.24 bits per heavy atom. The average molecular weight is 329 g/mol. The summed E-state index contributed by atoms with van der Waals surface area (Å²) in [7, 11) is -3.83. The SMILES string of the molecule is Cc1ccc(F)cc1NS(=O)(=O)c1ccc(Cl)c(CN)c1. The van der Waals surface area contributed by atoms with Crippen molar-refractivity contribution in [1.29, 1.82) is 0 Å². The van der Waals surface area contributed by atoms with E-state index < -0.39 is 15.8 Å². The fraction of sp³-hybridized carbons (Fsp3) is 0.143. The number of hydrogen-bond donors (Lipinski definition) is 2. The van der Waals surface area contributed by atoms with Gasteiger partial charge < -0.3 is 5.73 Å². The van der Waals surface area contributed by atoms with Gasteiger partial charge in [-0.3, -0.25) is 4.72 Å². The molecule has 0 aliphatic rings. The van der Waals surface area contributed by atoms with Crippen LogP contribution in [0.15, 0.2) is 41.3 Å². The number of benzene rings is 2. The summed E-state index contributed by atoms with van der Waals surface area (Å²) in [5.74, 6) is -0.517. The lowest BCUT2D eigenvalue weighted by molar-refractivity contribution is 0.601. The zero-order valence-corrected chi connectivity index (χ0v) is 12.8. The van der Waals surface area contributed by atoms with E-state index in [0.29, 0.717) is 16.1 Å². The van der Waals surface area contributed by atoms with Gasteiger partial charge in [-0.2, -0.15) is 0 Å². The molecule has 0 bridgehead atoms. The largest absolute Gasteiger partial charge is 0.326 e. The van der Waals surface area contributed by atoms with E-state index in [-0.39, 0.29) is 17.1 Å². The quantitative estimate of drug-likeness (QED) is 0.906. The Kier molecular flexibility index (Phi) is 4.51. The van der Waals surface area contributed by atoms with Crippen LogP contribution in [0.2, 0.25) is 5.02 Å². The first-order chi connectivity index (χ1) is 9.83. The van der Waals surface area contributed by atoms with Crippen molar-refractivity contribution in [2.75, 3.05) is 4.72 Å². The van der Waals surface area contributed by atoms with Gasteiger partial charge in [0.2, 0.25) is 0 Å². The molecule has 2 rings (SSSR count). The number of nitrogens with one attached hydrogen (secondary N) is 1. The van der Waals surface area contributed by atoms with Crippen molar-refractivity contribution in [1.82, 2.24) is 0 Å². The number of nitrogens with two attached hydrogens (primary N) is 1. The van der Waals surface area contributed by atoms with Gasteiger partial charge >= 0.3 is 0 Å². The van der Waals surface area contributed by atoms with Crippen LogP contribution < -0.4 is 10.5 Å². The molecule has 2 aromatic carbocycles. The van der Waals surface area contributed by atoms with Crippen LogP contribution in [0.5, 0.6) is 0 Å². The Morgan fingerprint density at radius 2 is 1.95 bits per heavy atom. The molecule has 0 amide bonds. The molecule has 4 nitrogen and oxygen atoms in total. The molecule has 7 heteroatoms. The van der Waals surface area contributed by atoms with E-state index in [2.05, 4.69) is 4.72 Å². The molecule has 0 radical (unpaired) electrons. The molecule has 0 aliphatic heterocycles. The van der Waals surface area contributed by atoms with Crippen LogP contribution in [0.25, 0.3) is 0 Å². The van der Waals surface area contributed by atoms with Gasteiger partial charge in [0.05, 0.1) is 10.6 Å². The molecule has 0 heterocycles. The van der Waals surface area contributed by atoms with Crippen LogP contribution in [0.3, 0.4) is 0 Å². The van der Waals surface area contributed by atoms with E-state index >= 15 is 0 Å². The molecule has 2 aromatic rings. The summed E-state index contributed by atoms with van der Waals surface area (Å²) in [4.78, 5) is 0.0241. The molecule has 0 saturated heterocycles. The highest BCUT2D eigenvalue weighted by molar-refractivity contribution is 7.92. The summed E-state index contributed by atoms with van der Waals surface area (Å²) in [6.45, 7) is 1.81. The summed E-state index contributed by atoms with van der Waals surface area (Å²) in [6, 6.07) is 8.14. The molecule has 0 spiro atoms. The molecule has 0 saturated carbocycles. The molecular formula is C14H14ClFN2O2S. The fourth-order valence-corrected chi connectivity index (χ4v) is 3.15. The predicted molar refractivity (Wildman–Crippen MR) is 81.3 cm³/mol. The topological polar surface area (TPSA) is 72.2 Å². The van der Waals surface area contributed by atoms with Crippen LogP contribution >= 0.6 is 11.6 Å². The fourth-order valence-electron chi connectivity index (χ4n) is 1.78. The summed E-state index contributed by atoms with van der Waals surface area (Å²) in [5, 5.41) is 0.401. The van der Waals surface area contributed by atoms with Crippen LogP contribution in [0.1, 0.15) is 11.1 Å². The normalized spacial score (nSPS) is 11.4. The third-order valence-corrected chi connectivity index (χ3v) is 4.72. The van der Waals surface area contributed by atoms with Crippen molar-refractivity contribution < 1.29 is 12.8 Å². The molecule has 0 aromatic heterocycles. The highest BCUT2D eigenvalue weighted by Gasteiger charge is 2.17. The standard InChI is InChI=1S/C14H14ClFN2O2S/c1-9-2-3-11(16)7-14(9)18-21(19,20)12-4-5-13(15)10(6-12)8-17/h2-7,18H,8,17H2,1H3. The first kappa shape index (κ1) is 15.8. The first-order valence-electron chi connectivity index (χ1n) is 6.11. The van der Waals surface area contributed by atoms with Crippen molar-refractivity contribution in [3.8, 4) is 0 Å². The van der Waals surface area contributed by atoms with Crippen molar-refractivity contribution in [2.45, 2.75) is 18.4 Å². The predicted octanol–water partition coefficient (Wildman–Crippen LogP) is 3.05. The molecule has 0 fully saturated rings. The van der Waals surface area contributed by atoms with Gasteiger partial charge in [-0.05, 0) is 48.4 Å². The van der Waals surface area contributed by atoms with E-state index in [1.54, 1.807) is 6.92 Å². The maximum atomic E-state index is 13.2. The number of halogens is 2. The van der Waals surface area contributed by atoms with Crippen LogP contribution in [-0.4, -0.2) is 8.42 Å². The van der Waals surface area contributed by atoms with Gasteiger partial charge in [0.1, 0.15) is 5.82 Å². The molecule has 3 N–H and O–H groups in total. The minimum absolute atomic E-state index is 0.0241. The molecular weight excluding hydrogens is 315 g/mol. The Morgan fingerprint density at radius 3 is 2.62 bits per heavy atom. The smallest absolute Gasteiger partial charge is 0.261 e. The number of aryl methyl sites for hydroxylation is 1. The van der Waals surface area contributed by atoms with Gasteiger partial charge in [-0.15, -0.1) is 0 Å². The Labute approximate surface area is 127 Å². The lowest BCUT2D eigenvalue weighted by Gasteiger charge is -2.12. The maximum Gasteiger partial charge on any atom is 0.261 e. The molecule has 0 atom stereocenters. The second-order valence-corrected chi connectivity index (χ2v) is 6.61. The third kappa shape index (κ3) is 3.53. The van der Waals surface area contributed by atoms with Gasteiger partial charge in [-0.1, -0.05) is 17.7 Å². The summed E-state index contributed by atoms with van der Waals surface area (Å²) in [5.41, 5.74) is 6.85. The van der Waals surface area contributed by atoms with E-state index in [4.69, 9.17) is 17.3 Å². The maximum absolute atomic E-state index is 13.2. The third-order valence-electron chi connectivity index (χ3n) is 2.99. The van der Waals surface area contributed by atoms with Crippen molar-refractivity contribution >= 4 is 27.3 Å². The van der Waals surface area contributed by atoms with Gasteiger partial charge in [0, 0.05) is 11.6 Å².